The second-order valence-corrected chi connectivity index (χ2v) is 6.77. The zero-order chi connectivity index (χ0) is 19.4. The highest BCUT2D eigenvalue weighted by Gasteiger charge is 2.12. The molecule has 0 aliphatic heterocycles. The van der Waals surface area contributed by atoms with Crippen molar-refractivity contribution in [1.29, 1.82) is 0 Å². The number of guanidine groups is 1. The van der Waals surface area contributed by atoms with Gasteiger partial charge in [-0.1, -0.05) is 6.07 Å². The molecule has 0 radical (unpaired) electrons. The predicted octanol–water partition coefficient (Wildman–Crippen LogP) is 3.83. The Bertz CT molecular complexity index is 530. The molecule has 0 aliphatic rings. The minimum absolute atomic E-state index is 0. The Morgan fingerprint density at radius 1 is 1.15 bits per heavy atom. The summed E-state index contributed by atoms with van der Waals surface area (Å²) in [5.41, 5.74) is 0.951. The summed E-state index contributed by atoms with van der Waals surface area (Å²) >= 11 is 0. The van der Waals surface area contributed by atoms with Gasteiger partial charge in [0, 0.05) is 64.1 Å². The van der Waals surface area contributed by atoms with E-state index in [0.717, 1.165) is 36.9 Å². The third kappa shape index (κ3) is 10.8. The van der Waals surface area contributed by atoms with Crippen molar-refractivity contribution < 1.29 is 9.47 Å². The number of methoxy groups -OCH3 is 1. The molecule has 1 rings (SSSR count). The van der Waals surface area contributed by atoms with Crippen LogP contribution < -0.4 is 15.4 Å². The molecule has 0 aliphatic carbocycles. The number of hydrogen-bond donors (Lipinski definition) is 2. The topological polar surface area (TPSA) is 58.1 Å². The first-order valence-corrected chi connectivity index (χ1v) is 9.43. The second kappa shape index (κ2) is 14.9. The van der Waals surface area contributed by atoms with E-state index >= 15 is 0 Å². The summed E-state index contributed by atoms with van der Waals surface area (Å²) in [6.07, 6.45) is 0.875. The van der Waals surface area contributed by atoms with Crippen LogP contribution in [0.2, 0.25) is 0 Å². The van der Waals surface area contributed by atoms with Gasteiger partial charge in [-0.05, 0) is 39.8 Å². The van der Waals surface area contributed by atoms with Crippen molar-refractivity contribution in [1.82, 2.24) is 10.2 Å². The SMILES string of the molecule is CN=C(NCCN(C(C)C)C(C)C)Nc1cccc(OCCCOC)c1.I. The van der Waals surface area contributed by atoms with Crippen molar-refractivity contribution in [2.24, 2.45) is 4.99 Å². The first-order valence-electron chi connectivity index (χ1n) is 9.43. The maximum absolute atomic E-state index is 5.74. The van der Waals surface area contributed by atoms with E-state index in [0.29, 0.717) is 25.3 Å². The van der Waals surface area contributed by atoms with Crippen LogP contribution in [0.1, 0.15) is 34.1 Å². The number of ether oxygens (including phenoxy) is 2. The average molecular weight is 492 g/mol. The van der Waals surface area contributed by atoms with Gasteiger partial charge in [0.1, 0.15) is 5.75 Å². The van der Waals surface area contributed by atoms with Crippen molar-refractivity contribution in [2.75, 3.05) is 45.8 Å². The molecule has 0 saturated heterocycles. The Kier molecular flexibility index (Phi) is 14.3. The van der Waals surface area contributed by atoms with Gasteiger partial charge >= 0.3 is 0 Å². The third-order valence-electron chi connectivity index (χ3n) is 4.07. The van der Waals surface area contributed by atoms with Gasteiger partial charge in [-0.2, -0.15) is 0 Å². The second-order valence-electron chi connectivity index (χ2n) is 6.77. The van der Waals surface area contributed by atoms with Crippen LogP contribution in [0.5, 0.6) is 5.75 Å². The molecule has 6 nitrogen and oxygen atoms in total. The summed E-state index contributed by atoms with van der Waals surface area (Å²) < 4.78 is 10.8. The lowest BCUT2D eigenvalue weighted by atomic mass is 10.2. The van der Waals surface area contributed by atoms with Crippen LogP contribution >= 0.6 is 24.0 Å². The van der Waals surface area contributed by atoms with Gasteiger partial charge in [0.05, 0.1) is 6.61 Å². The minimum Gasteiger partial charge on any atom is -0.493 e. The number of aliphatic imine (C=N–C) groups is 1. The van der Waals surface area contributed by atoms with Gasteiger partial charge in [-0.15, -0.1) is 24.0 Å². The van der Waals surface area contributed by atoms with E-state index in [1.807, 2.05) is 24.3 Å². The summed E-state index contributed by atoms with van der Waals surface area (Å²) in [5.74, 6) is 1.60. The van der Waals surface area contributed by atoms with Gasteiger partial charge in [-0.25, -0.2) is 0 Å². The molecule has 0 spiro atoms. The van der Waals surface area contributed by atoms with E-state index in [9.17, 15) is 0 Å². The molecule has 0 amide bonds. The van der Waals surface area contributed by atoms with Gasteiger partial charge in [0.15, 0.2) is 5.96 Å². The van der Waals surface area contributed by atoms with Crippen molar-refractivity contribution >= 4 is 35.6 Å². The summed E-state index contributed by atoms with van der Waals surface area (Å²) in [5, 5.41) is 6.70. The zero-order valence-electron chi connectivity index (χ0n) is 17.6. The highest BCUT2D eigenvalue weighted by molar-refractivity contribution is 14.0. The fraction of sp³-hybridized carbons (Fsp3) is 0.650. The molecule has 0 fully saturated rings. The Hall–Kier alpha value is -1.06. The standard InChI is InChI=1S/C20H36N4O2.HI/c1-16(2)24(17(3)4)12-11-22-20(21-5)23-18-9-7-10-19(15-18)26-14-8-13-25-6;/h7,9-10,15-17H,8,11-14H2,1-6H3,(H2,21,22,23);1H. The minimum atomic E-state index is 0. The molecule has 0 unspecified atom stereocenters. The van der Waals surface area contributed by atoms with Crippen LogP contribution in [0.25, 0.3) is 0 Å². The van der Waals surface area contributed by atoms with E-state index in [1.165, 1.54) is 0 Å². The van der Waals surface area contributed by atoms with E-state index in [2.05, 4.69) is 48.2 Å². The molecule has 1 aromatic rings. The number of nitrogens with one attached hydrogen (secondary N) is 2. The Labute approximate surface area is 182 Å². The van der Waals surface area contributed by atoms with Crippen LogP contribution in [0.15, 0.2) is 29.3 Å². The van der Waals surface area contributed by atoms with Crippen molar-refractivity contribution in [3.63, 3.8) is 0 Å². The van der Waals surface area contributed by atoms with Crippen molar-refractivity contribution in [3.05, 3.63) is 24.3 Å². The molecule has 0 atom stereocenters. The summed E-state index contributed by atoms with van der Waals surface area (Å²) in [6, 6.07) is 8.97. The van der Waals surface area contributed by atoms with Crippen LogP contribution in [-0.2, 0) is 4.74 Å². The van der Waals surface area contributed by atoms with Gasteiger partial charge in [0.25, 0.3) is 0 Å². The predicted molar refractivity (Wildman–Crippen MR) is 126 cm³/mol. The molecule has 2 N–H and O–H groups in total. The van der Waals surface area contributed by atoms with E-state index < -0.39 is 0 Å². The maximum Gasteiger partial charge on any atom is 0.195 e. The first-order chi connectivity index (χ1) is 12.5. The quantitative estimate of drug-likeness (QED) is 0.213. The number of hydrogen-bond acceptors (Lipinski definition) is 4. The normalized spacial score (nSPS) is 11.7. The summed E-state index contributed by atoms with van der Waals surface area (Å²) in [6.45, 7) is 12.1. The molecule has 7 heteroatoms. The van der Waals surface area contributed by atoms with Gasteiger partial charge in [0.2, 0.25) is 0 Å². The number of rotatable bonds is 11. The summed E-state index contributed by atoms with van der Waals surface area (Å²) in [7, 11) is 3.48. The number of benzene rings is 1. The molecule has 0 aromatic heterocycles. The molecule has 27 heavy (non-hydrogen) atoms. The van der Waals surface area contributed by atoms with E-state index in [4.69, 9.17) is 9.47 Å². The molecule has 0 heterocycles. The van der Waals surface area contributed by atoms with E-state index in [1.54, 1.807) is 14.2 Å². The molecule has 156 valence electrons. The zero-order valence-corrected chi connectivity index (χ0v) is 19.9. The lowest BCUT2D eigenvalue weighted by Gasteiger charge is -2.30. The van der Waals surface area contributed by atoms with Crippen molar-refractivity contribution in [3.8, 4) is 5.75 Å². The molecular formula is C20H37IN4O2. The fourth-order valence-corrected chi connectivity index (χ4v) is 2.79. The molecular weight excluding hydrogens is 455 g/mol. The van der Waals surface area contributed by atoms with E-state index in [-0.39, 0.29) is 24.0 Å². The lowest BCUT2D eigenvalue weighted by molar-refractivity contribution is 0.172. The van der Waals surface area contributed by atoms with Crippen LogP contribution in [0.4, 0.5) is 5.69 Å². The smallest absolute Gasteiger partial charge is 0.195 e. The first kappa shape index (κ1) is 25.9. The van der Waals surface area contributed by atoms with Gasteiger partial charge in [-0.3, -0.25) is 9.89 Å². The lowest BCUT2D eigenvalue weighted by Crippen LogP contribution is -2.43. The molecule has 0 bridgehead atoms. The van der Waals surface area contributed by atoms with Crippen LogP contribution in [0, 0.1) is 0 Å². The summed E-state index contributed by atoms with van der Waals surface area (Å²) in [4.78, 5) is 6.76. The fourth-order valence-electron chi connectivity index (χ4n) is 2.79. The largest absolute Gasteiger partial charge is 0.493 e. The Morgan fingerprint density at radius 2 is 1.85 bits per heavy atom. The highest BCUT2D eigenvalue weighted by Crippen LogP contribution is 2.17. The number of halogens is 1. The average Bonchev–Trinajstić information content (AvgIpc) is 2.61. The monoisotopic (exact) mass is 492 g/mol. The maximum atomic E-state index is 5.74. The highest BCUT2D eigenvalue weighted by atomic mass is 127. The molecule has 0 saturated carbocycles. The van der Waals surface area contributed by atoms with Gasteiger partial charge < -0.3 is 20.1 Å². The Morgan fingerprint density at radius 3 is 2.44 bits per heavy atom. The van der Waals surface area contributed by atoms with Crippen molar-refractivity contribution in [2.45, 2.75) is 46.2 Å². The van der Waals surface area contributed by atoms with Crippen LogP contribution in [0.3, 0.4) is 0 Å². The van der Waals surface area contributed by atoms with Crippen LogP contribution in [-0.4, -0.2) is 63.4 Å². The Balaban J connectivity index is 0.00000676. The third-order valence-corrected chi connectivity index (χ3v) is 4.07. The number of nitrogens with zero attached hydrogens (tertiary/aromatic N) is 2. The molecule has 1 aromatic carbocycles. The number of anilines is 1.